The van der Waals surface area contributed by atoms with Gasteiger partial charge in [-0.2, -0.15) is 13.2 Å². The van der Waals surface area contributed by atoms with Crippen molar-refractivity contribution in [2.24, 2.45) is 0 Å². The number of amides is 1. The predicted octanol–water partition coefficient (Wildman–Crippen LogP) is 4.27. The van der Waals surface area contributed by atoms with Crippen molar-refractivity contribution < 1.29 is 35.9 Å². The smallest absolute Gasteiger partial charge is 0.416 e. The minimum absolute atomic E-state index is 0.0311. The molecular formula is C27H28F3N3O5S. The molecule has 0 aromatic heterocycles. The molecule has 0 radical (unpaired) electrons. The van der Waals surface area contributed by atoms with Crippen LogP contribution in [-0.2, 0) is 21.0 Å². The molecule has 208 valence electrons. The Morgan fingerprint density at radius 1 is 0.897 bits per heavy atom. The molecule has 1 aliphatic rings. The number of para-hydroxylation sites is 2. The van der Waals surface area contributed by atoms with Gasteiger partial charge in [-0.05, 0) is 54.6 Å². The van der Waals surface area contributed by atoms with Gasteiger partial charge in [0.05, 0.1) is 30.4 Å². The molecule has 12 heteroatoms. The third kappa shape index (κ3) is 6.22. The molecule has 3 aromatic carbocycles. The molecule has 0 saturated carbocycles. The first-order chi connectivity index (χ1) is 18.5. The van der Waals surface area contributed by atoms with Gasteiger partial charge in [0, 0.05) is 31.9 Å². The highest BCUT2D eigenvalue weighted by Crippen LogP contribution is 2.34. The lowest BCUT2D eigenvalue weighted by Crippen LogP contribution is -2.52. The zero-order valence-electron chi connectivity index (χ0n) is 21.4. The Bertz CT molecular complexity index is 1410. The number of methoxy groups -OCH3 is 2. The zero-order valence-corrected chi connectivity index (χ0v) is 22.2. The first kappa shape index (κ1) is 28.1. The largest absolute Gasteiger partial charge is 0.497 e. The van der Waals surface area contributed by atoms with Crippen molar-refractivity contribution in [1.82, 2.24) is 4.90 Å². The number of anilines is 2. The molecule has 0 N–H and O–H groups in total. The van der Waals surface area contributed by atoms with E-state index in [0.717, 1.165) is 16.4 Å². The summed E-state index contributed by atoms with van der Waals surface area (Å²) in [5.74, 6) is 0.311. The Kier molecular flexibility index (Phi) is 8.24. The molecule has 1 fully saturated rings. The molecule has 4 rings (SSSR count). The lowest BCUT2D eigenvalue weighted by molar-refractivity contribution is -0.137. The summed E-state index contributed by atoms with van der Waals surface area (Å²) in [6.45, 7) is 0.549. The van der Waals surface area contributed by atoms with E-state index >= 15 is 0 Å². The van der Waals surface area contributed by atoms with Crippen molar-refractivity contribution in [1.29, 1.82) is 0 Å². The van der Waals surface area contributed by atoms with Crippen molar-refractivity contribution in [3.63, 3.8) is 0 Å². The molecule has 8 nitrogen and oxygen atoms in total. The maximum Gasteiger partial charge on any atom is 0.416 e. The van der Waals surface area contributed by atoms with E-state index in [9.17, 15) is 26.4 Å². The van der Waals surface area contributed by atoms with Gasteiger partial charge in [0.25, 0.3) is 10.0 Å². The molecule has 0 unspecified atom stereocenters. The van der Waals surface area contributed by atoms with Crippen molar-refractivity contribution in [2.45, 2.75) is 11.1 Å². The van der Waals surface area contributed by atoms with Crippen molar-refractivity contribution in [2.75, 3.05) is 56.1 Å². The quantitative estimate of drug-likeness (QED) is 0.408. The summed E-state index contributed by atoms with van der Waals surface area (Å²) in [6.07, 6.45) is -4.45. The third-order valence-electron chi connectivity index (χ3n) is 6.45. The van der Waals surface area contributed by atoms with Crippen LogP contribution in [0.15, 0.2) is 77.7 Å². The molecule has 1 saturated heterocycles. The summed E-state index contributed by atoms with van der Waals surface area (Å²) < 4.78 is 78.4. The van der Waals surface area contributed by atoms with Crippen LogP contribution in [0.1, 0.15) is 5.56 Å². The summed E-state index contributed by atoms with van der Waals surface area (Å²) in [6, 6.07) is 17.4. The molecule has 1 amide bonds. The molecule has 0 aliphatic carbocycles. The summed E-state index contributed by atoms with van der Waals surface area (Å²) in [5.41, 5.74) is -0.129. The third-order valence-corrected chi connectivity index (χ3v) is 8.23. The number of sulfonamides is 1. The Labute approximate surface area is 225 Å². The molecule has 39 heavy (non-hydrogen) atoms. The summed E-state index contributed by atoms with van der Waals surface area (Å²) in [7, 11) is -1.31. The van der Waals surface area contributed by atoms with Gasteiger partial charge >= 0.3 is 6.18 Å². The van der Waals surface area contributed by atoms with Crippen LogP contribution in [0.2, 0.25) is 0 Å². The number of alkyl halides is 3. The van der Waals surface area contributed by atoms with Crippen LogP contribution in [0.5, 0.6) is 11.5 Å². The van der Waals surface area contributed by atoms with Crippen molar-refractivity contribution in [3.8, 4) is 11.5 Å². The minimum Gasteiger partial charge on any atom is -0.497 e. The fourth-order valence-corrected chi connectivity index (χ4v) is 5.75. The average molecular weight is 564 g/mol. The van der Waals surface area contributed by atoms with E-state index < -0.39 is 34.2 Å². The SMILES string of the molecule is COc1ccc(S(=O)(=O)N(CC(=O)N2CCN(c3cccc(C(F)(F)F)c3)CC2)c2ccccc2OC)cc1. The van der Waals surface area contributed by atoms with Crippen LogP contribution in [0.25, 0.3) is 0 Å². The molecule has 1 aliphatic heterocycles. The van der Waals surface area contributed by atoms with Gasteiger partial charge in [-0.15, -0.1) is 0 Å². The number of benzene rings is 3. The van der Waals surface area contributed by atoms with Gasteiger partial charge in [-0.1, -0.05) is 18.2 Å². The lowest BCUT2D eigenvalue weighted by atomic mass is 10.1. The van der Waals surface area contributed by atoms with Gasteiger partial charge in [-0.3, -0.25) is 9.10 Å². The highest BCUT2D eigenvalue weighted by molar-refractivity contribution is 7.92. The van der Waals surface area contributed by atoms with E-state index in [2.05, 4.69) is 0 Å². The Morgan fingerprint density at radius 2 is 1.56 bits per heavy atom. The molecule has 0 spiro atoms. The van der Waals surface area contributed by atoms with E-state index in [1.54, 1.807) is 35.2 Å². The molecule has 0 bridgehead atoms. The van der Waals surface area contributed by atoms with Gasteiger partial charge in [-0.25, -0.2) is 8.42 Å². The minimum atomic E-state index is -4.45. The average Bonchev–Trinajstić information content (AvgIpc) is 2.95. The second-order valence-corrected chi connectivity index (χ2v) is 10.6. The summed E-state index contributed by atoms with van der Waals surface area (Å²) >= 11 is 0. The number of piperazine rings is 1. The summed E-state index contributed by atoms with van der Waals surface area (Å²) in [5, 5.41) is 0. The molecule has 3 aromatic rings. The number of halogens is 3. The first-order valence-corrected chi connectivity index (χ1v) is 13.5. The lowest BCUT2D eigenvalue weighted by Gasteiger charge is -2.37. The van der Waals surface area contributed by atoms with Crippen molar-refractivity contribution in [3.05, 3.63) is 78.4 Å². The van der Waals surface area contributed by atoms with Crippen LogP contribution in [0.3, 0.4) is 0 Å². The van der Waals surface area contributed by atoms with E-state index in [-0.39, 0.29) is 29.4 Å². The second kappa shape index (κ2) is 11.4. The Hall–Kier alpha value is -3.93. The number of rotatable bonds is 8. The van der Waals surface area contributed by atoms with Crippen LogP contribution in [0.4, 0.5) is 24.5 Å². The number of hydrogen-bond acceptors (Lipinski definition) is 6. The van der Waals surface area contributed by atoms with Crippen LogP contribution >= 0.6 is 0 Å². The fourth-order valence-electron chi connectivity index (χ4n) is 4.33. The maximum absolute atomic E-state index is 13.7. The van der Waals surface area contributed by atoms with E-state index in [4.69, 9.17) is 9.47 Å². The first-order valence-electron chi connectivity index (χ1n) is 12.0. The highest BCUT2D eigenvalue weighted by atomic mass is 32.2. The van der Waals surface area contributed by atoms with Gasteiger partial charge in [0.2, 0.25) is 5.91 Å². The molecule has 0 atom stereocenters. The van der Waals surface area contributed by atoms with Gasteiger partial charge in [0.1, 0.15) is 18.0 Å². The Balaban J connectivity index is 1.55. The summed E-state index contributed by atoms with van der Waals surface area (Å²) in [4.78, 5) is 16.6. The van der Waals surface area contributed by atoms with E-state index in [1.165, 1.54) is 49.5 Å². The van der Waals surface area contributed by atoms with E-state index in [0.29, 0.717) is 24.5 Å². The fraction of sp³-hybridized carbons (Fsp3) is 0.296. The number of hydrogen-bond donors (Lipinski definition) is 0. The van der Waals surface area contributed by atoms with Gasteiger partial charge in [0.15, 0.2) is 0 Å². The van der Waals surface area contributed by atoms with Crippen LogP contribution in [0, 0.1) is 0 Å². The molecule has 1 heterocycles. The highest BCUT2D eigenvalue weighted by Gasteiger charge is 2.33. The number of ether oxygens (including phenoxy) is 2. The van der Waals surface area contributed by atoms with Crippen LogP contribution < -0.4 is 18.7 Å². The standard InChI is InChI=1S/C27H28F3N3O5S/c1-37-22-10-12-23(13-11-22)39(35,36)33(24-8-3-4-9-25(24)38-2)19-26(34)32-16-14-31(15-17-32)21-7-5-6-20(18-21)27(28,29)30/h3-13,18H,14-17,19H2,1-2H3. The topological polar surface area (TPSA) is 79.4 Å². The number of carbonyl (C=O) groups is 1. The number of carbonyl (C=O) groups excluding carboxylic acids is 1. The Morgan fingerprint density at radius 3 is 2.18 bits per heavy atom. The predicted molar refractivity (Wildman–Crippen MR) is 141 cm³/mol. The van der Waals surface area contributed by atoms with Gasteiger partial charge < -0.3 is 19.3 Å². The van der Waals surface area contributed by atoms with Crippen LogP contribution in [-0.4, -0.2) is 66.2 Å². The molecular weight excluding hydrogens is 535 g/mol. The zero-order chi connectivity index (χ0) is 28.2. The normalized spacial score (nSPS) is 14.2. The monoisotopic (exact) mass is 563 g/mol. The second-order valence-electron chi connectivity index (χ2n) is 8.77. The van der Waals surface area contributed by atoms with E-state index in [1.807, 2.05) is 0 Å². The number of nitrogens with zero attached hydrogens (tertiary/aromatic N) is 3. The maximum atomic E-state index is 13.7. The van der Waals surface area contributed by atoms with Crippen molar-refractivity contribution >= 4 is 27.3 Å².